The highest BCUT2D eigenvalue weighted by Gasteiger charge is 2.39. The van der Waals surface area contributed by atoms with E-state index in [9.17, 15) is 4.79 Å². The molecule has 1 aromatic carbocycles. The summed E-state index contributed by atoms with van der Waals surface area (Å²) in [4.78, 5) is 16.4. The average Bonchev–Trinajstić information content (AvgIpc) is 3.11. The summed E-state index contributed by atoms with van der Waals surface area (Å²) in [5.74, 6) is 1.26. The summed E-state index contributed by atoms with van der Waals surface area (Å²) < 4.78 is 10.6. The van der Waals surface area contributed by atoms with E-state index < -0.39 is 0 Å². The topological polar surface area (TPSA) is 103 Å². The molecule has 1 saturated heterocycles. The van der Waals surface area contributed by atoms with Crippen molar-refractivity contribution in [2.24, 2.45) is 0 Å². The zero-order chi connectivity index (χ0) is 19.7. The van der Waals surface area contributed by atoms with Gasteiger partial charge in [0.05, 0.1) is 30.1 Å². The van der Waals surface area contributed by atoms with E-state index in [-0.39, 0.29) is 17.7 Å². The van der Waals surface area contributed by atoms with Crippen molar-refractivity contribution in [3.63, 3.8) is 0 Å². The fourth-order valence-corrected chi connectivity index (χ4v) is 3.13. The number of aromatic nitrogens is 2. The number of nitrogens with zero attached hydrogens (tertiary/aromatic N) is 2. The van der Waals surface area contributed by atoms with Crippen molar-refractivity contribution >= 4 is 29.1 Å². The lowest BCUT2D eigenvalue weighted by Crippen LogP contribution is -2.43. The minimum atomic E-state index is -0.167. The van der Waals surface area contributed by atoms with Crippen LogP contribution in [-0.4, -0.2) is 29.3 Å². The number of ether oxygens (including phenoxy) is 1. The molecule has 3 heterocycles. The first kappa shape index (κ1) is 18.5. The molecule has 0 saturated carbocycles. The van der Waals surface area contributed by atoms with Gasteiger partial charge in [0.2, 0.25) is 5.91 Å². The summed E-state index contributed by atoms with van der Waals surface area (Å²) in [6.45, 7) is 3.22. The molecule has 28 heavy (non-hydrogen) atoms. The first-order valence-corrected chi connectivity index (χ1v) is 9.16. The molecule has 0 spiro atoms. The Hall–Kier alpha value is -2.90. The lowest BCUT2D eigenvalue weighted by atomic mass is 9.86. The second-order valence-corrected chi connectivity index (χ2v) is 7.55. The van der Waals surface area contributed by atoms with Gasteiger partial charge in [0, 0.05) is 17.8 Å². The van der Waals surface area contributed by atoms with Crippen molar-refractivity contribution < 1.29 is 14.1 Å². The molecule has 3 aromatic rings. The van der Waals surface area contributed by atoms with E-state index >= 15 is 0 Å². The Labute approximate surface area is 166 Å². The molecule has 8 heteroatoms. The summed E-state index contributed by atoms with van der Waals surface area (Å²) >= 11 is 6.02. The lowest BCUT2D eigenvalue weighted by Gasteiger charge is -2.35. The SMILES string of the molecule is CC1(c2cc(NC(=O)Cc3ccc(-c4cnc(N)c(Cl)c4)cc3)no2)COC1. The van der Waals surface area contributed by atoms with Crippen molar-refractivity contribution in [3.05, 3.63) is 58.9 Å². The van der Waals surface area contributed by atoms with Gasteiger partial charge in [0.1, 0.15) is 11.6 Å². The minimum absolute atomic E-state index is 0.161. The van der Waals surface area contributed by atoms with E-state index in [4.69, 9.17) is 26.6 Å². The van der Waals surface area contributed by atoms with E-state index in [0.717, 1.165) is 16.7 Å². The quantitative estimate of drug-likeness (QED) is 0.682. The molecule has 0 unspecified atom stereocenters. The molecule has 1 aliphatic rings. The summed E-state index contributed by atoms with van der Waals surface area (Å²) in [5.41, 5.74) is 8.15. The van der Waals surface area contributed by atoms with Gasteiger partial charge in [-0.15, -0.1) is 0 Å². The second-order valence-electron chi connectivity index (χ2n) is 7.14. The molecule has 144 valence electrons. The molecular formula is C20H19ClN4O3. The largest absolute Gasteiger partial charge is 0.382 e. The molecule has 2 aromatic heterocycles. The number of hydrogen-bond acceptors (Lipinski definition) is 6. The van der Waals surface area contributed by atoms with Gasteiger partial charge in [-0.05, 0) is 24.1 Å². The standard InChI is InChI=1S/C20H19ClN4O3/c1-20(10-27-11-20)16-8-17(25-28-16)24-18(26)6-12-2-4-13(5-3-12)14-7-15(21)19(22)23-9-14/h2-5,7-9H,6,10-11H2,1H3,(H2,22,23)(H,24,25,26). The van der Waals surface area contributed by atoms with Crippen LogP contribution >= 0.6 is 11.6 Å². The third-order valence-electron chi connectivity index (χ3n) is 4.74. The molecule has 1 fully saturated rings. The molecule has 3 N–H and O–H groups in total. The van der Waals surface area contributed by atoms with E-state index in [1.807, 2.05) is 31.2 Å². The highest BCUT2D eigenvalue weighted by molar-refractivity contribution is 6.33. The van der Waals surface area contributed by atoms with Gasteiger partial charge in [-0.2, -0.15) is 0 Å². The number of carbonyl (C=O) groups is 1. The van der Waals surface area contributed by atoms with E-state index in [2.05, 4.69) is 15.5 Å². The monoisotopic (exact) mass is 398 g/mol. The molecule has 0 bridgehead atoms. The zero-order valence-electron chi connectivity index (χ0n) is 15.2. The normalized spacial score (nSPS) is 15.1. The Bertz CT molecular complexity index is 1010. The number of amides is 1. The van der Waals surface area contributed by atoms with Crippen LogP contribution in [0.15, 0.2) is 47.1 Å². The maximum Gasteiger partial charge on any atom is 0.230 e. The maximum absolute atomic E-state index is 12.3. The van der Waals surface area contributed by atoms with Crippen LogP contribution in [0.5, 0.6) is 0 Å². The zero-order valence-corrected chi connectivity index (χ0v) is 16.0. The van der Waals surface area contributed by atoms with Crippen LogP contribution in [-0.2, 0) is 21.4 Å². The van der Waals surface area contributed by atoms with Crippen molar-refractivity contribution in [2.45, 2.75) is 18.8 Å². The van der Waals surface area contributed by atoms with Gasteiger partial charge >= 0.3 is 0 Å². The lowest BCUT2D eigenvalue weighted by molar-refractivity contribution is -0.115. The highest BCUT2D eigenvalue weighted by atomic mass is 35.5. The smallest absolute Gasteiger partial charge is 0.230 e. The molecule has 0 atom stereocenters. The van der Waals surface area contributed by atoms with Crippen molar-refractivity contribution in [1.82, 2.24) is 10.1 Å². The van der Waals surface area contributed by atoms with Crippen LogP contribution in [0.4, 0.5) is 11.6 Å². The number of hydrogen-bond donors (Lipinski definition) is 2. The van der Waals surface area contributed by atoms with Crippen molar-refractivity contribution in [1.29, 1.82) is 0 Å². The molecule has 7 nitrogen and oxygen atoms in total. The molecule has 0 radical (unpaired) electrons. The first-order valence-electron chi connectivity index (χ1n) is 8.78. The Kier molecular flexibility index (Phi) is 4.78. The predicted octanol–water partition coefficient (Wildman–Crippen LogP) is 3.44. The number of carbonyl (C=O) groups excluding carboxylic acids is 1. The number of nitrogens with two attached hydrogens (primary N) is 1. The van der Waals surface area contributed by atoms with E-state index in [1.165, 1.54) is 0 Å². The van der Waals surface area contributed by atoms with Crippen LogP contribution in [0.25, 0.3) is 11.1 Å². The summed E-state index contributed by atoms with van der Waals surface area (Å²) in [7, 11) is 0. The van der Waals surface area contributed by atoms with Crippen LogP contribution in [0.1, 0.15) is 18.2 Å². The predicted molar refractivity (Wildman–Crippen MR) is 106 cm³/mol. The summed E-state index contributed by atoms with van der Waals surface area (Å²) in [5, 5.41) is 7.10. The summed E-state index contributed by atoms with van der Waals surface area (Å²) in [6, 6.07) is 11.1. The van der Waals surface area contributed by atoms with Gasteiger partial charge in [0.15, 0.2) is 5.82 Å². The third kappa shape index (κ3) is 3.72. The van der Waals surface area contributed by atoms with Crippen molar-refractivity contribution in [2.75, 3.05) is 24.3 Å². The molecule has 4 rings (SSSR count). The van der Waals surface area contributed by atoms with Gasteiger partial charge in [-0.1, -0.05) is 41.0 Å². The number of benzene rings is 1. The number of halogens is 1. The van der Waals surface area contributed by atoms with Gasteiger partial charge in [-0.3, -0.25) is 4.79 Å². The Morgan fingerprint density at radius 2 is 2.00 bits per heavy atom. The second kappa shape index (κ2) is 7.26. The van der Waals surface area contributed by atoms with Crippen molar-refractivity contribution in [3.8, 4) is 11.1 Å². The number of nitrogens with one attached hydrogen (secondary N) is 1. The number of nitrogen functional groups attached to an aromatic ring is 1. The van der Waals surface area contributed by atoms with Gasteiger partial charge < -0.3 is 20.3 Å². The molecule has 0 aliphatic carbocycles. The van der Waals surface area contributed by atoms with Crippen LogP contribution in [0.2, 0.25) is 5.02 Å². The fourth-order valence-electron chi connectivity index (χ4n) is 2.96. The summed E-state index contributed by atoms with van der Waals surface area (Å²) in [6.07, 6.45) is 1.89. The minimum Gasteiger partial charge on any atom is -0.382 e. The first-order chi connectivity index (χ1) is 13.4. The Morgan fingerprint density at radius 1 is 1.25 bits per heavy atom. The number of anilines is 2. The Balaban J connectivity index is 1.39. The van der Waals surface area contributed by atoms with Gasteiger partial charge in [-0.25, -0.2) is 4.98 Å². The Morgan fingerprint density at radius 3 is 2.64 bits per heavy atom. The molecule has 1 aliphatic heterocycles. The van der Waals surface area contributed by atoms with Crippen LogP contribution < -0.4 is 11.1 Å². The highest BCUT2D eigenvalue weighted by Crippen LogP contribution is 2.33. The number of rotatable bonds is 5. The maximum atomic E-state index is 12.3. The van der Waals surface area contributed by atoms with E-state index in [0.29, 0.717) is 35.6 Å². The fraction of sp³-hybridized carbons (Fsp3) is 0.250. The third-order valence-corrected chi connectivity index (χ3v) is 5.04. The van der Waals surface area contributed by atoms with Crippen LogP contribution in [0.3, 0.4) is 0 Å². The molecule has 1 amide bonds. The van der Waals surface area contributed by atoms with Gasteiger partial charge in [0.25, 0.3) is 0 Å². The van der Waals surface area contributed by atoms with E-state index in [1.54, 1.807) is 18.3 Å². The molecular weight excluding hydrogens is 380 g/mol. The number of pyridine rings is 1. The van der Waals surface area contributed by atoms with Crippen LogP contribution in [0, 0.1) is 0 Å². The average molecular weight is 399 g/mol.